The summed E-state index contributed by atoms with van der Waals surface area (Å²) in [5, 5.41) is 8.03. The van der Waals surface area contributed by atoms with Crippen LogP contribution in [0.15, 0.2) is 120 Å². The summed E-state index contributed by atoms with van der Waals surface area (Å²) in [4.78, 5) is 9.07. The fourth-order valence-electron chi connectivity index (χ4n) is 8.74. The van der Waals surface area contributed by atoms with Crippen molar-refractivity contribution in [2.24, 2.45) is 10.8 Å². The molecule has 3 aromatic heterocycles. The van der Waals surface area contributed by atoms with E-state index in [0.717, 1.165) is 44.8 Å². The maximum atomic E-state index is 9.74. The molecule has 281 valence electrons. The van der Waals surface area contributed by atoms with Crippen molar-refractivity contribution in [2.75, 3.05) is 0 Å². The molecule has 55 heavy (non-hydrogen) atoms. The van der Waals surface area contributed by atoms with Gasteiger partial charge < -0.3 is 14.4 Å². The van der Waals surface area contributed by atoms with Crippen LogP contribution in [0.3, 0.4) is 0 Å². The normalized spacial score (nSPS) is 17.4. The molecule has 0 N–H and O–H groups in total. The second kappa shape index (κ2) is 14.9. The minimum Gasteiger partial charge on any atom is -0.501 e. The van der Waals surface area contributed by atoms with Crippen LogP contribution < -0.4 is 5.19 Å². The van der Waals surface area contributed by atoms with E-state index in [9.17, 15) is 1.37 Å². The van der Waals surface area contributed by atoms with Gasteiger partial charge in [-0.25, -0.2) is 0 Å². The molecule has 5 aromatic carbocycles. The first-order valence-corrected chi connectivity index (χ1v) is 22.4. The number of benzene rings is 5. The molecule has 5 heteroatoms. The number of nitrogens with zero attached hydrogens (tertiary/aromatic N) is 2. The second-order valence-electron chi connectivity index (χ2n) is 17.6. The topological polar surface area (TPSA) is 38.9 Å². The molecule has 9 rings (SSSR count). The van der Waals surface area contributed by atoms with Gasteiger partial charge in [-0.05, 0) is 105 Å². The molecule has 0 unspecified atom stereocenters. The first-order valence-electron chi connectivity index (χ1n) is 20.9. The van der Waals surface area contributed by atoms with Gasteiger partial charge in [0.1, 0.15) is 5.58 Å². The molecule has 3 nitrogen and oxygen atoms in total. The van der Waals surface area contributed by atoms with Crippen LogP contribution >= 0.6 is 0 Å². The van der Waals surface area contributed by atoms with E-state index in [0.29, 0.717) is 35.2 Å². The third-order valence-corrected chi connectivity index (χ3v) is 12.8. The minimum absolute atomic E-state index is 0. The summed E-state index contributed by atoms with van der Waals surface area (Å²) in [6, 6.07) is 41.5. The minimum atomic E-state index is -2.38. The van der Waals surface area contributed by atoms with E-state index in [1.807, 2.05) is 48.7 Å². The van der Waals surface area contributed by atoms with E-state index in [-0.39, 0.29) is 36.5 Å². The van der Waals surface area contributed by atoms with Crippen molar-refractivity contribution in [3.8, 4) is 22.5 Å². The van der Waals surface area contributed by atoms with Gasteiger partial charge in [-0.3, -0.25) is 0 Å². The summed E-state index contributed by atoms with van der Waals surface area (Å²) < 4.78 is 41.2. The summed E-state index contributed by atoms with van der Waals surface area (Å²) >= 11 is 0. The molecule has 1 fully saturated rings. The zero-order valence-corrected chi connectivity index (χ0v) is 36.1. The van der Waals surface area contributed by atoms with Crippen molar-refractivity contribution in [3.05, 3.63) is 139 Å². The quantitative estimate of drug-likeness (QED) is 0.100. The van der Waals surface area contributed by atoms with Crippen LogP contribution in [-0.2, 0) is 20.1 Å². The van der Waals surface area contributed by atoms with Gasteiger partial charge in [0.15, 0.2) is 0 Å². The maximum Gasteiger partial charge on any atom is 0.121 e. The van der Waals surface area contributed by atoms with E-state index in [4.69, 9.17) is 8.53 Å². The standard InChI is InChI=1S/C36H34NO.C14H16NSi.Ir/c1-22-20-37-32(16-29(22)25-18-35(2,3)21-36(4,5)19-25)28-12-8-11-27-31-15-24-14-13-23-9-6-7-10-26(23)30(24)17-33(31)38-34(27)28;1-16(2,3)13-9-10-15-14(11-13)12-7-5-4-6-8-12;/h6-11,13-17,20,25H,18-19,21H2,1-5H3;4-7,9-11H,1-3H3;/q2*-1;/i1D3,25D;;. The van der Waals surface area contributed by atoms with Gasteiger partial charge in [0.25, 0.3) is 0 Å². The first-order chi connectivity index (χ1) is 27.3. The number of fused-ring (bicyclic) bond motifs is 6. The fourth-order valence-corrected chi connectivity index (χ4v) is 9.89. The van der Waals surface area contributed by atoms with Gasteiger partial charge in [0.2, 0.25) is 0 Å². The zero-order chi connectivity index (χ0) is 41.3. The molecule has 0 saturated heterocycles. The molecule has 1 saturated carbocycles. The van der Waals surface area contributed by atoms with Crippen molar-refractivity contribution >= 4 is 56.7 Å². The number of pyridine rings is 2. The van der Waals surface area contributed by atoms with Crippen molar-refractivity contribution < 1.29 is 30.0 Å². The van der Waals surface area contributed by atoms with Crippen molar-refractivity contribution in [2.45, 2.75) is 79.3 Å². The molecular formula is C50H50IrN2OSi-2. The summed E-state index contributed by atoms with van der Waals surface area (Å²) in [5.74, 6) is -1.06. The van der Waals surface area contributed by atoms with E-state index >= 15 is 0 Å². The Morgan fingerprint density at radius 2 is 1.51 bits per heavy atom. The first kappa shape index (κ1) is 33.9. The second-order valence-corrected chi connectivity index (χ2v) is 22.7. The van der Waals surface area contributed by atoms with Crippen LogP contribution in [0.2, 0.25) is 19.6 Å². The van der Waals surface area contributed by atoms with Gasteiger partial charge in [0.05, 0.1) is 13.7 Å². The number of aryl methyl sites for hydroxylation is 1. The van der Waals surface area contributed by atoms with Crippen molar-refractivity contribution in [1.82, 2.24) is 9.97 Å². The molecule has 0 atom stereocenters. The molecule has 1 radical (unpaired) electrons. The largest absolute Gasteiger partial charge is 0.501 e. The van der Waals surface area contributed by atoms with Crippen LogP contribution in [-0.4, -0.2) is 18.0 Å². The number of rotatable bonds is 4. The predicted molar refractivity (Wildman–Crippen MR) is 231 cm³/mol. The van der Waals surface area contributed by atoms with E-state index in [1.165, 1.54) is 22.2 Å². The van der Waals surface area contributed by atoms with Crippen LogP contribution in [0.4, 0.5) is 0 Å². The van der Waals surface area contributed by atoms with Crippen molar-refractivity contribution in [3.63, 3.8) is 0 Å². The van der Waals surface area contributed by atoms with Crippen LogP contribution in [0.1, 0.15) is 69.5 Å². The molecule has 0 aliphatic heterocycles. The summed E-state index contributed by atoms with van der Waals surface area (Å²) in [6.07, 6.45) is 5.50. The molecular weight excluding hydrogens is 865 g/mol. The van der Waals surface area contributed by atoms with Crippen LogP contribution in [0.5, 0.6) is 0 Å². The number of hydrogen-bond donors (Lipinski definition) is 0. The van der Waals surface area contributed by atoms with E-state index < -0.39 is 20.8 Å². The van der Waals surface area contributed by atoms with E-state index in [1.54, 1.807) is 0 Å². The van der Waals surface area contributed by atoms with Gasteiger partial charge in [-0.1, -0.05) is 112 Å². The number of hydrogen-bond acceptors (Lipinski definition) is 3. The monoisotopic (exact) mass is 919 g/mol. The van der Waals surface area contributed by atoms with Gasteiger partial charge in [-0.15, -0.1) is 54.1 Å². The SMILES string of the molecule is C[Si](C)(C)c1ccnc(-c2[c-]cccc2)c1.[2H]C([2H])([2H])c1cnc(-c2[c-]ccc3c2oc2cc4c(ccc5ccccc54)cc23)cc1C1([2H])CC(C)(C)CC(C)(C)C1.[Ir]. The number of aromatic nitrogens is 2. The molecule has 1 aliphatic rings. The molecule has 0 spiro atoms. The Morgan fingerprint density at radius 1 is 0.745 bits per heavy atom. The average Bonchev–Trinajstić information content (AvgIpc) is 3.53. The Bertz CT molecular complexity index is 2810. The molecule has 1 aliphatic carbocycles. The van der Waals surface area contributed by atoms with Gasteiger partial charge in [-0.2, -0.15) is 0 Å². The Balaban J connectivity index is 0.000000262. The number of furan rings is 1. The molecule has 0 amide bonds. The Hall–Kier alpha value is -4.41. The van der Waals surface area contributed by atoms with Gasteiger partial charge in [0, 0.05) is 43.4 Å². The Morgan fingerprint density at radius 3 is 2.25 bits per heavy atom. The van der Waals surface area contributed by atoms with Crippen molar-refractivity contribution in [1.29, 1.82) is 0 Å². The van der Waals surface area contributed by atoms with Gasteiger partial charge >= 0.3 is 0 Å². The third kappa shape index (κ3) is 7.98. The fraction of sp³-hybridized carbons (Fsp3) is 0.280. The molecule has 3 heterocycles. The molecule has 0 bridgehead atoms. The maximum absolute atomic E-state index is 9.74. The predicted octanol–water partition coefficient (Wildman–Crippen LogP) is 13.5. The average molecular weight is 919 g/mol. The van der Waals surface area contributed by atoms with E-state index in [2.05, 4.69) is 130 Å². The smallest absolute Gasteiger partial charge is 0.121 e. The summed E-state index contributed by atoms with van der Waals surface area (Å²) in [5.41, 5.74) is 5.28. The van der Waals surface area contributed by atoms with Crippen LogP contribution in [0.25, 0.3) is 66.0 Å². The summed E-state index contributed by atoms with van der Waals surface area (Å²) in [7, 11) is -1.25. The summed E-state index contributed by atoms with van der Waals surface area (Å²) in [6.45, 7) is 13.4. The molecule has 8 aromatic rings. The van der Waals surface area contributed by atoms with Crippen LogP contribution in [0, 0.1) is 29.8 Å². The third-order valence-electron chi connectivity index (χ3n) is 10.8. The Labute approximate surface area is 346 Å². The zero-order valence-electron chi connectivity index (χ0n) is 36.7. The Kier molecular flexibility index (Phi) is 9.19.